The van der Waals surface area contributed by atoms with Gasteiger partial charge in [-0.15, -0.1) is 0 Å². The summed E-state index contributed by atoms with van der Waals surface area (Å²) in [6, 6.07) is 0. The molecular formula is C15H29NO. The third-order valence-electron chi connectivity index (χ3n) is 4.66. The summed E-state index contributed by atoms with van der Waals surface area (Å²) in [6.07, 6.45) is 11.7. The Balaban J connectivity index is 1.94. The minimum absolute atomic E-state index is 0.00615. The first-order chi connectivity index (χ1) is 8.24. The highest BCUT2D eigenvalue weighted by atomic mass is 16.5. The second kappa shape index (κ2) is 5.71. The lowest BCUT2D eigenvalue weighted by molar-refractivity contribution is -0.161. The molecule has 0 unspecified atom stereocenters. The van der Waals surface area contributed by atoms with E-state index in [1.54, 1.807) is 0 Å². The van der Waals surface area contributed by atoms with Gasteiger partial charge >= 0.3 is 0 Å². The third-order valence-corrected chi connectivity index (χ3v) is 4.66. The number of ether oxygens (including phenoxy) is 1. The molecule has 2 rings (SSSR count). The van der Waals surface area contributed by atoms with Gasteiger partial charge in [-0.25, -0.2) is 0 Å². The van der Waals surface area contributed by atoms with E-state index in [2.05, 4.69) is 19.2 Å². The second-order valence-electron chi connectivity index (χ2n) is 6.20. The SMILES string of the molecule is CCCC1(CCC)NCC2(CCCCC2)CO1. The monoisotopic (exact) mass is 239 g/mol. The predicted molar refractivity (Wildman–Crippen MR) is 72.0 cm³/mol. The van der Waals surface area contributed by atoms with Gasteiger partial charge in [0.15, 0.2) is 0 Å². The van der Waals surface area contributed by atoms with Crippen molar-refractivity contribution in [3.8, 4) is 0 Å². The molecule has 2 fully saturated rings. The van der Waals surface area contributed by atoms with E-state index in [0.29, 0.717) is 5.41 Å². The number of nitrogens with one attached hydrogen (secondary N) is 1. The summed E-state index contributed by atoms with van der Waals surface area (Å²) in [6.45, 7) is 6.70. The molecule has 1 heterocycles. The summed E-state index contributed by atoms with van der Waals surface area (Å²) >= 11 is 0. The summed E-state index contributed by atoms with van der Waals surface area (Å²) in [7, 11) is 0. The van der Waals surface area contributed by atoms with Gasteiger partial charge in [-0.1, -0.05) is 46.0 Å². The fourth-order valence-corrected chi connectivity index (χ4v) is 3.62. The van der Waals surface area contributed by atoms with Gasteiger partial charge in [0.05, 0.1) is 6.61 Å². The fourth-order valence-electron chi connectivity index (χ4n) is 3.62. The van der Waals surface area contributed by atoms with Crippen LogP contribution in [0.5, 0.6) is 0 Å². The van der Waals surface area contributed by atoms with Crippen molar-refractivity contribution >= 4 is 0 Å². The average Bonchev–Trinajstić information content (AvgIpc) is 2.36. The van der Waals surface area contributed by atoms with E-state index in [-0.39, 0.29) is 5.72 Å². The van der Waals surface area contributed by atoms with E-state index in [4.69, 9.17) is 4.74 Å². The highest BCUT2D eigenvalue weighted by Gasteiger charge is 2.42. The first-order valence-electron chi connectivity index (χ1n) is 7.63. The van der Waals surface area contributed by atoms with Crippen LogP contribution in [0.4, 0.5) is 0 Å². The molecule has 17 heavy (non-hydrogen) atoms. The van der Waals surface area contributed by atoms with Crippen LogP contribution in [-0.4, -0.2) is 18.9 Å². The molecule has 1 N–H and O–H groups in total. The van der Waals surface area contributed by atoms with Gasteiger partial charge in [-0.3, -0.25) is 5.32 Å². The van der Waals surface area contributed by atoms with Crippen molar-refractivity contribution in [3.63, 3.8) is 0 Å². The van der Waals surface area contributed by atoms with Crippen molar-refractivity contribution in [1.82, 2.24) is 5.32 Å². The standard InChI is InChI=1S/C15H29NO/c1-3-8-15(9-4-2)16-12-14(13-17-15)10-6-5-7-11-14/h16H,3-13H2,1-2H3. The Bertz CT molecular complexity index is 215. The molecule has 2 aliphatic rings. The van der Waals surface area contributed by atoms with Gasteiger partial charge in [-0.05, 0) is 25.7 Å². The molecule has 2 heteroatoms. The highest BCUT2D eigenvalue weighted by molar-refractivity contribution is 4.93. The Morgan fingerprint density at radius 3 is 2.12 bits per heavy atom. The molecule has 100 valence electrons. The molecule has 1 saturated carbocycles. The molecule has 0 amide bonds. The zero-order chi connectivity index (χ0) is 12.2. The first-order valence-corrected chi connectivity index (χ1v) is 7.63. The Hall–Kier alpha value is -0.0800. The maximum Gasteiger partial charge on any atom is 0.119 e. The number of hydrogen-bond donors (Lipinski definition) is 1. The van der Waals surface area contributed by atoms with Gasteiger partial charge < -0.3 is 4.74 Å². The maximum atomic E-state index is 6.33. The van der Waals surface area contributed by atoms with Crippen molar-refractivity contribution in [2.75, 3.05) is 13.2 Å². The lowest BCUT2D eigenvalue weighted by Crippen LogP contribution is -2.59. The third kappa shape index (κ3) is 3.03. The Morgan fingerprint density at radius 2 is 1.65 bits per heavy atom. The predicted octanol–water partition coefficient (Wildman–Crippen LogP) is 3.85. The van der Waals surface area contributed by atoms with Crippen LogP contribution in [0, 0.1) is 5.41 Å². The summed E-state index contributed by atoms with van der Waals surface area (Å²) in [5.74, 6) is 0. The zero-order valence-corrected chi connectivity index (χ0v) is 11.7. The molecule has 1 aliphatic carbocycles. The topological polar surface area (TPSA) is 21.3 Å². The van der Waals surface area contributed by atoms with Crippen LogP contribution < -0.4 is 5.32 Å². The van der Waals surface area contributed by atoms with Crippen molar-refractivity contribution in [1.29, 1.82) is 0 Å². The molecule has 2 nitrogen and oxygen atoms in total. The van der Waals surface area contributed by atoms with Crippen LogP contribution in [0.25, 0.3) is 0 Å². The molecule has 0 aromatic rings. The van der Waals surface area contributed by atoms with E-state index in [1.807, 2.05) is 0 Å². The molecule has 1 spiro atoms. The Kier molecular flexibility index (Phi) is 4.48. The van der Waals surface area contributed by atoms with Gasteiger partial charge in [0.25, 0.3) is 0 Å². The largest absolute Gasteiger partial charge is 0.360 e. The minimum atomic E-state index is 0.00615. The van der Waals surface area contributed by atoms with E-state index >= 15 is 0 Å². The summed E-state index contributed by atoms with van der Waals surface area (Å²) in [4.78, 5) is 0. The molecule has 0 aromatic heterocycles. The van der Waals surface area contributed by atoms with Crippen molar-refractivity contribution in [3.05, 3.63) is 0 Å². The van der Waals surface area contributed by atoms with Crippen LogP contribution in [0.2, 0.25) is 0 Å². The fraction of sp³-hybridized carbons (Fsp3) is 1.00. The van der Waals surface area contributed by atoms with Crippen LogP contribution in [0.3, 0.4) is 0 Å². The zero-order valence-electron chi connectivity index (χ0n) is 11.7. The second-order valence-corrected chi connectivity index (χ2v) is 6.20. The van der Waals surface area contributed by atoms with Gasteiger partial charge in [0.2, 0.25) is 0 Å². The lowest BCUT2D eigenvalue weighted by Gasteiger charge is -2.49. The quantitative estimate of drug-likeness (QED) is 0.804. The van der Waals surface area contributed by atoms with E-state index < -0.39 is 0 Å². The van der Waals surface area contributed by atoms with E-state index in [9.17, 15) is 0 Å². The van der Waals surface area contributed by atoms with Gasteiger partial charge in [0.1, 0.15) is 5.72 Å². The van der Waals surface area contributed by atoms with Crippen molar-refractivity contribution in [2.24, 2.45) is 5.41 Å². The Labute approximate surface area is 107 Å². The molecule has 0 aromatic carbocycles. The van der Waals surface area contributed by atoms with Crippen LogP contribution in [0.1, 0.15) is 71.6 Å². The smallest absolute Gasteiger partial charge is 0.119 e. The summed E-state index contributed by atoms with van der Waals surface area (Å²) in [5.41, 5.74) is 0.482. The number of rotatable bonds is 4. The first kappa shape index (κ1) is 13.4. The van der Waals surface area contributed by atoms with Gasteiger partial charge in [-0.2, -0.15) is 0 Å². The minimum Gasteiger partial charge on any atom is -0.360 e. The molecule has 0 atom stereocenters. The summed E-state index contributed by atoms with van der Waals surface area (Å²) in [5, 5.41) is 3.77. The maximum absolute atomic E-state index is 6.33. The lowest BCUT2D eigenvalue weighted by atomic mass is 9.73. The molecule has 0 bridgehead atoms. The van der Waals surface area contributed by atoms with Gasteiger partial charge in [0, 0.05) is 12.0 Å². The average molecular weight is 239 g/mol. The highest BCUT2D eigenvalue weighted by Crippen LogP contribution is 2.41. The van der Waals surface area contributed by atoms with Crippen molar-refractivity contribution < 1.29 is 4.74 Å². The molecular weight excluding hydrogens is 210 g/mol. The van der Waals surface area contributed by atoms with Crippen LogP contribution >= 0.6 is 0 Å². The molecule has 1 saturated heterocycles. The molecule has 0 radical (unpaired) electrons. The van der Waals surface area contributed by atoms with Crippen LogP contribution in [0.15, 0.2) is 0 Å². The van der Waals surface area contributed by atoms with E-state index in [0.717, 1.165) is 19.4 Å². The molecule has 1 aliphatic heterocycles. The van der Waals surface area contributed by atoms with Crippen LogP contribution in [-0.2, 0) is 4.74 Å². The normalized spacial score (nSPS) is 27.2. The van der Waals surface area contributed by atoms with Crippen molar-refractivity contribution in [2.45, 2.75) is 77.4 Å². The Morgan fingerprint density at radius 1 is 1.00 bits per heavy atom. The number of hydrogen-bond acceptors (Lipinski definition) is 2. The van der Waals surface area contributed by atoms with E-state index in [1.165, 1.54) is 51.5 Å². The summed E-state index contributed by atoms with van der Waals surface area (Å²) < 4.78 is 6.33.